The first-order chi connectivity index (χ1) is 10.4. The molecule has 1 saturated heterocycles. The third kappa shape index (κ3) is 5.12. The highest BCUT2D eigenvalue weighted by Crippen LogP contribution is 2.26. The molecule has 2 unspecified atom stereocenters. The Hall–Kier alpha value is -0.830. The summed E-state index contributed by atoms with van der Waals surface area (Å²) in [5.41, 5.74) is 0. The van der Waals surface area contributed by atoms with E-state index in [0.29, 0.717) is 23.3 Å². The fraction of sp³-hybridized carbons (Fsp3) is 0.615. The Kier molecular flexibility index (Phi) is 6.08. The van der Waals surface area contributed by atoms with Crippen molar-refractivity contribution >= 4 is 38.7 Å². The van der Waals surface area contributed by atoms with Gasteiger partial charge in [0.15, 0.2) is 15.8 Å². The predicted molar refractivity (Wildman–Crippen MR) is 90.5 cm³/mol. The number of hydrogen-bond acceptors (Lipinski definition) is 5. The third-order valence-electron chi connectivity index (χ3n) is 3.26. The molecule has 2 atom stereocenters. The number of rotatable bonds is 5. The van der Waals surface area contributed by atoms with Crippen molar-refractivity contribution in [1.82, 2.24) is 10.6 Å². The normalized spacial score (nSPS) is 22.5. The highest BCUT2D eigenvalue weighted by molar-refractivity contribution is 7.91. The van der Waals surface area contributed by atoms with Crippen LogP contribution in [0.25, 0.3) is 0 Å². The van der Waals surface area contributed by atoms with Crippen molar-refractivity contribution in [3.8, 4) is 0 Å². The molecule has 22 heavy (non-hydrogen) atoms. The molecule has 3 N–H and O–H groups in total. The summed E-state index contributed by atoms with van der Waals surface area (Å²) in [5, 5.41) is 16.3. The van der Waals surface area contributed by atoms with Crippen LogP contribution in [0.2, 0.25) is 4.34 Å². The molecule has 0 radical (unpaired) electrons. The summed E-state index contributed by atoms with van der Waals surface area (Å²) < 4.78 is 23.6. The van der Waals surface area contributed by atoms with E-state index in [-0.39, 0.29) is 24.1 Å². The first-order valence-corrected chi connectivity index (χ1v) is 10.1. The Morgan fingerprint density at radius 3 is 2.91 bits per heavy atom. The van der Waals surface area contributed by atoms with Gasteiger partial charge in [0.1, 0.15) is 6.10 Å². The monoisotopic (exact) mass is 365 g/mol. The standard InChI is InChI=1S/C13H20ClN3O3S2/c1-2-15-13(17-9-5-6-22(19,20)8-9)16-7-10(18)11-3-4-12(14)21-11/h3-4,9-10,18H,2,5-8H2,1H3,(H2,15,16,17). The third-order valence-corrected chi connectivity index (χ3v) is 6.36. The maximum absolute atomic E-state index is 11.5. The molecular weight excluding hydrogens is 346 g/mol. The van der Waals surface area contributed by atoms with Crippen LogP contribution < -0.4 is 10.6 Å². The lowest BCUT2D eigenvalue weighted by Crippen LogP contribution is -2.44. The molecule has 6 nitrogen and oxygen atoms in total. The van der Waals surface area contributed by atoms with Crippen LogP contribution in [0.3, 0.4) is 0 Å². The van der Waals surface area contributed by atoms with Gasteiger partial charge in [-0.2, -0.15) is 0 Å². The molecule has 1 aliphatic rings. The molecule has 2 heterocycles. The van der Waals surface area contributed by atoms with Gasteiger partial charge in [-0.3, -0.25) is 4.99 Å². The van der Waals surface area contributed by atoms with Crippen molar-refractivity contribution in [3.63, 3.8) is 0 Å². The van der Waals surface area contributed by atoms with E-state index in [1.54, 1.807) is 12.1 Å². The van der Waals surface area contributed by atoms with E-state index in [1.807, 2.05) is 6.92 Å². The van der Waals surface area contributed by atoms with Gasteiger partial charge in [-0.05, 0) is 25.5 Å². The number of aliphatic hydroxyl groups is 1. The number of guanidine groups is 1. The van der Waals surface area contributed by atoms with E-state index in [4.69, 9.17) is 11.6 Å². The highest BCUT2D eigenvalue weighted by atomic mass is 35.5. The fourth-order valence-corrected chi connectivity index (χ4v) is 4.91. The Morgan fingerprint density at radius 1 is 1.59 bits per heavy atom. The first kappa shape index (κ1) is 17.5. The number of sulfone groups is 1. The maximum Gasteiger partial charge on any atom is 0.191 e. The van der Waals surface area contributed by atoms with Gasteiger partial charge in [0.25, 0.3) is 0 Å². The molecule has 1 fully saturated rings. The minimum atomic E-state index is -2.94. The van der Waals surface area contributed by atoms with Gasteiger partial charge in [0, 0.05) is 17.5 Å². The molecule has 0 amide bonds. The minimum absolute atomic E-state index is 0.125. The molecule has 0 saturated carbocycles. The lowest BCUT2D eigenvalue weighted by molar-refractivity contribution is 0.191. The molecular formula is C13H20ClN3O3S2. The van der Waals surface area contributed by atoms with E-state index in [1.165, 1.54) is 11.3 Å². The number of nitrogens with one attached hydrogen (secondary N) is 2. The number of hydrogen-bond donors (Lipinski definition) is 3. The van der Waals surface area contributed by atoms with Crippen molar-refractivity contribution in [2.75, 3.05) is 24.6 Å². The van der Waals surface area contributed by atoms with Crippen molar-refractivity contribution < 1.29 is 13.5 Å². The van der Waals surface area contributed by atoms with Crippen LogP contribution in [0.4, 0.5) is 0 Å². The topological polar surface area (TPSA) is 90.8 Å². The average molecular weight is 366 g/mol. The van der Waals surface area contributed by atoms with E-state index in [0.717, 1.165) is 4.88 Å². The summed E-state index contributed by atoms with van der Waals surface area (Å²) in [4.78, 5) is 5.08. The lowest BCUT2D eigenvalue weighted by Gasteiger charge is -2.16. The molecule has 0 spiro atoms. The Morgan fingerprint density at radius 2 is 2.36 bits per heavy atom. The largest absolute Gasteiger partial charge is 0.386 e. The maximum atomic E-state index is 11.5. The fourth-order valence-electron chi connectivity index (χ4n) is 2.20. The van der Waals surface area contributed by atoms with Crippen LogP contribution in [-0.4, -0.2) is 50.1 Å². The zero-order chi connectivity index (χ0) is 16.2. The second-order valence-electron chi connectivity index (χ2n) is 5.12. The van der Waals surface area contributed by atoms with Gasteiger partial charge in [-0.15, -0.1) is 11.3 Å². The Labute approximate surface area is 139 Å². The lowest BCUT2D eigenvalue weighted by atomic mass is 10.3. The first-order valence-electron chi connectivity index (χ1n) is 7.08. The van der Waals surface area contributed by atoms with Gasteiger partial charge in [0.05, 0.1) is 22.4 Å². The summed E-state index contributed by atoms with van der Waals surface area (Å²) in [6.07, 6.45) is -0.143. The van der Waals surface area contributed by atoms with Crippen LogP contribution in [0.1, 0.15) is 24.3 Å². The smallest absolute Gasteiger partial charge is 0.191 e. The van der Waals surface area contributed by atoms with Crippen LogP contribution in [0.15, 0.2) is 17.1 Å². The molecule has 1 aliphatic heterocycles. The van der Waals surface area contributed by atoms with Crippen LogP contribution >= 0.6 is 22.9 Å². The molecule has 1 aromatic rings. The molecule has 0 bridgehead atoms. The second kappa shape index (κ2) is 7.63. The molecule has 0 aliphatic carbocycles. The number of aliphatic hydroxyl groups excluding tert-OH is 1. The molecule has 1 aromatic heterocycles. The Balaban J connectivity index is 1.95. The average Bonchev–Trinajstić information content (AvgIpc) is 3.02. The Bertz CT molecular complexity index is 630. The van der Waals surface area contributed by atoms with E-state index in [9.17, 15) is 13.5 Å². The zero-order valence-electron chi connectivity index (χ0n) is 12.3. The molecule has 0 aromatic carbocycles. The van der Waals surface area contributed by atoms with Crippen molar-refractivity contribution in [3.05, 3.63) is 21.3 Å². The van der Waals surface area contributed by atoms with Gasteiger partial charge in [-0.1, -0.05) is 11.6 Å². The molecule has 2 rings (SSSR count). The van der Waals surface area contributed by atoms with Gasteiger partial charge in [0.2, 0.25) is 0 Å². The van der Waals surface area contributed by atoms with Gasteiger partial charge >= 0.3 is 0 Å². The van der Waals surface area contributed by atoms with E-state index >= 15 is 0 Å². The summed E-state index contributed by atoms with van der Waals surface area (Å²) in [6, 6.07) is 3.38. The molecule has 124 valence electrons. The SMILES string of the molecule is CCNC(=NCC(O)c1ccc(Cl)s1)NC1CCS(=O)(=O)C1. The van der Waals surface area contributed by atoms with Crippen molar-refractivity contribution in [1.29, 1.82) is 0 Å². The zero-order valence-corrected chi connectivity index (χ0v) is 14.6. The molecule has 9 heteroatoms. The number of thiophene rings is 1. The summed E-state index contributed by atoms with van der Waals surface area (Å²) in [6.45, 7) is 2.77. The van der Waals surface area contributed by atoms with Crippen molar-refractivity contribution in [2.45, 2.75) is 25.5 Å². The van der Waals surface area contributed by atoms with Crippen LogP contribution in [-0.2, 0) is 9.84 Å². The summed E-state index contributed by atoms with van der Waals surface area (Å²) >= 11 is 7.17. The minimum Gasteiger partial charge on any atom is -0.386 e. The van der Waals surface area contributed by atoms with Gasteiger partial charge in [-0.25, -0.2) is 8.42 Å². The van der Waals surface area contributed by atoms with Crippen LogP contribution in [0.5, 0.6) is 0 Å². The van der Waals surface area contributed by atoms with E-state index in [2.05, 4.69) is 15.6 Å². The highest BCUT2D eigenvalue weighted by Gasteiger charge is 2.28. The second-order valence-corrected chi connectivity index (χ2v) is 9.10. The summed E-state index contributed by atoms with van der Waals surface area (Å²) in [5.74, 6) is 0.854. The van der Waals surface area contributed by atoms with Crippen molar-refractivity contribution in [2.24, 2.45) is 4.99 Å². The van der Waals surface area contributed by atoms with Crippen LogP contribution in [0, 0.1) is 0 Å². The number of nitrogens with zero attached hydrogens (tertiary/aromatic N) is 1. The van der Waals surface area contributed by atoms with E-state index < -0.39 is 15.9 Å². The predicted octanol–water partition coefficient (Wildman–Crippen LogP) is 1.18. The number of aliphatic imine (C=N–C) groups is 1. The summed E-state index contributed by atoms with van der Waals surface area (Å²) in [7, 11) is -2.94. The number of halogens is 1. The quantitative estimate of drug-likeness (QED) is 0.538. The van der Waals surface area contributed by atoms with Gasteiger partial charge < -0.3 is 15.7 Å².